The molecule has 0 saturated carbocycles. The fraction of sp³-hybridized carbons (Fsp3) is 0.316. The topological polar surface area (TPSA) is 68.9 Å². The number of benzene rings is 1. The molecule has 0 radical (unpaired) electrons. The highest BCUT2D eigenvalue weighted by Gasteiger charge is 2.12. The third-order valence-corrected chi connectivity index (χ3v) is 4.35. The van der Waals surface area contributed by atoms with Crippen LogP contribution in [0.3, 0.4) is 0 Å². The van der Waals surface area contributed by atoms with Crippen LogP contribution in [0.1, 0.15) is 16.7 Å². The Kier molecular flexibility index (Phi) is 4.70. The van der Waals surface area contributed by atoms with Crippen molar-refractivity contribution in [1.82, 2.24) is 19.4 Å². The van der Waals surface area contributed by atoms with Crippen molar-refractivity contribution >= 4 is 17.1 Å². The fourth-order valence-electron chi connectivity index (χ4n) is 2.91. The van der Waals surface area contributed by atoms with Crippen molar-refractivity contribution in [1.29, 1.82) is 0 Å². The van der Waals surface area contributed by atoms with Crippen LogP contribution in [0.25, 0.3) is 11.2 Å². The van der Waals surface area contributed by atoms with Gasteiger partial charge in [-0.3, -0.25) is 14.2 Å². The zero-order chi connectivity index (χ0) is 18.0. The first kappa shape index (κ1) is 17.0. The van der Waals surface area contributed by atoms with E-state index in [1.54, 1.807) is 24.0 Å². The fourth-order valence-corrected chi connectivity index (χ4v) is 2.91. The van der Waals surface area contributed by atoms with E-state index >= 15 is 0 Å². The second-order valence-electron chi connectivity index (χ2n) is 6.35. The molecule has 0 aliphatic rings. The quantitative estimate of drug-likeness (QED) is 0.770. The van der Waals surface area contributed by atoms with Crippen LogP contribution in [-0.4, -0.2) is 26.6 Å². The number of carbonyl (C=O) groups excluding carboxylic acids is 1. The van der Waals surface area contributed by atoms with Crippen LogP contribution >= 0.6 is 0 Å². The smallest absolute Gasteiger partial charge is 0.252 e. The Morgan fingerprint density at radius 1 is 1.20 bits per heavy atom. The van der Waals surface area contributed by atoms with Crippen molar-refractivity contribution < 1.29 is 4.79 Å². The van der Waals surface area contributed by atoms with Gasteiger partial charge in [0.1, 0.15) is 6.54 Å². The number of amides is 1. The predicted octanol–water partition coefficient (Wildman–Crippen LogP) is 1.71. The average Bonchev–Trinajstić information content (AvgIpc) is 2.99. The van der Waals surface area contributed by atoms with E-state index in [1.807, 2.05) is 6.92 Å². The summed E-state index contributed by atoms with van der Waals surface area (Å²) in [6.07, 6.45) is 2.40. The normalized spacial score (nSPS) is 11.0. The van der Waals surface area contributed by atoms with Gasteiger partial charge in [-0.2, -0.15) is 0 Å². The van der Waals surface area contributed by atoms with Crippen molar-refractivity contribution in [3.05, 3.63) is 63.7 Å². The Bertz CT molecular complexity index is 967. The van der Waals surface area contributed by atoms with Gasteiger partial charge < -0.3 is 9.88 Å². The number of nitrogens with one attached hydrogen (secondary N) is 1. The molecule has 6 nitrogen and oxygen atoms in total. The summed E-state index contributed by atoms with van der Waals surface area (Å²) in [6, 6.07) is 9.86. The van der Waals surface area contributed by atoms with Gasteiger partial charge in [0.15, 0.2) is 5.65 Å². The zero-order valence-electron chi connectivity index (χ0n) is 14.7. The molecule has 2 heterocycles. The van der Waals surface area contributed by atoms with Crippen LogP contribution < -0.4 is 10.9 Å². The Morgan fingerprint density at radius 3 is 2.64 bits per heavy atom. The Balaban J connectivity index is 1.65. The Morgan fingerprint density at radius 2 is 1.92 bits per heavy atom. The standard InChI is InChI=1S/C19H22N4O2/c1-13-4-6-15(7-5-13)8-9-20-16(24)11-23-12-21-19-18(23)14(2)10-17(25)22(19)3/h4-7,10,12H,8-9,11H2,1-3H3,(H,20,24). The van der Waals surface area contributed by atoms with E-state index in [2.05, 4.69) is 41.5 Å². The summed E-state index contributed by atoms with van der Waals surface area (Å²) in [5.41, 5.74) is 4.56. The predicted molar refractivity (Wildman–Crippen MR) is 97.6 cm³/mol. The van der Waals surface area contributed by atoms with Crippen LogP contribution in [0.15, 0.2) is 41.5 Å². The van der Waals surface area contributed by atoms with Gasteiger partial charge in [-0.05, 0) is 31.4 Å². The van der Waals surface area contributed by atoms with Gasteiger partial charge in [0.25, 0.3) is 5.56 Å². The molecule has 0 saturated heterocycles. The van der Waals surface area contributed by atoms with Crippen molar-refractivity contribution in [3.63, 3.8) is 0 Å². The third kappa shape index (κ3) is 3.63. The van der Waals surface area contributed by atoms with Crippen LogP contribution in [0, 0.1) is 13.8 Å². The molecule has 6 heteroatoms. The van der Waals surface area contributed by atoms with E-state index in [4.69, 9.17) is 0 Å². The number of hydrogen-bond acceptors (Lipinski definition) is 3. The molecule has 1 amide bonds. The summed E-state index contributed by atoms with van der Waals surface area (Å²) in [5, 5.41) is 2.94. The number of hydrogen-bond donors (Lipinski definition) is 1. The highest BCUT2D eigenvalue weighted by atomic mass is 16.2. The van der Waals surface area contributed by atoms with Crippen LogP contribution in [0.5, 0.6) is 0 Å². The van der Waals surface area contributed by atoms with Gasteiger partial charge in [-0.15, -0.1) is 0 Å². The highest BCUT2D eigenvalue weighted by molar-refractivity contribution is 5.80. The zero-order valence-corrected chi connectivity index (χ0v) is 14.7. The molecule has 0 spiro atoms. The maximum Gasteiger partial charge on any atom is 0.252 e. The summed E-state index contributed by atoms with van der Waals surface area (Å²) < 4.78 is 3.28. The minimum atomic E-state index is -0.0993. The molecule has 2 aromatic heterocycles. The lowest BCUT2D eigenvalue weighted by molar-refractivity contribution is -0.121. The largest absolute Gasteiger partial charge is 0.354 e. The number of fused-ring (bicyclic) bond motifs is 1. The number of aryl methyl sites for hydroxylation is 3. The second-order valence-corrected chi connectivity index (χ2v) is 6.35. The molecular formula is C19H22N4O2. The summed E-state index contributed by atoms with van der Waals surface area (Å²) in [6.45, 7) is 4.69. The number of carbonyl (C=O) groups is 1. The van der Waals surface area contributed by atoms with Crippen LogP contribution in [0.4, 0.5) is 0 Å². The molecule has 0 fully saturated rings. The first-order valence-corrected chi connectivity index (χ1v) is 8.29. The third-order valence-electron chi connectivity index (χ3n) is 4.35. The van der Waals surface area contributed by atoms with Gasteiger partial charge in [0, 0.05) is 19.7 Å². The van der Waals surface area contributed by atoms with Gasteiger partial charge in [-0.1, -0.05) is 29.8 Å². The molecule has 0 aliphatic carbocycles. The molecule has 0 aliphatic heterocycles. The van der Waals surface area contributed by atoms with E-state index < -0.39 is 0 Å². The number of pyridine rings is 1. The molecular weight excluding hydrogens is 316 g/mol. The summed E-state index contributed by atoms with van der Waals surface area (Å²) in [7, 11) is 1.68. The number of nitrogens with zero attached hydrogens (tertiary/aromatic N) is 3. The van der Waals surface area contributed by atoms with Crippen molar-refractivity contribution in [2.24, 2.45) is 7.05 Å². The molecule has 0 bridgehead atoms. The minimum absolute atomic E-state index is 0.0698. The van der Waals surface area contributed by atoms with Crippen LogP contribution in [-0.2, 0) is 24.8 Å². The van der Waals surface area contributed by atoms with Crippen molar-refractivity contribution in [3.8, 4) is 0 Å². The first-order valence-electron chi connectivity index (χ1n) is 8.29. The number of rotatable bonds is 5. The Hall–Kier alpha value is -2.89. The van der Waals surface area contributed by atoms with E-state index in [9.17, 15) is 9.59 Å². The summed E-state index contributed by atoms with van der Waals surface area (Å²) in [4.78, 5) is 28.3. The average molecular weight is 338 g/mol. The number of imidazole rings is 1. The van der Waals surface area contributed by atoms with E-state index in [-0.39, 0.29) is 18.0 Å². The van der Waals surface area contributed by atoms with E-state index in [1.165, 1.54) is 15.7 Å². The molecule has 0 unspecified atom stereocenters. The minimum Gasteiger partial charge on any atom is -0.354 e. The lowest BCUT2D eigenvalue weighted by Crippen LogP contribution is -2.29. The molecule has 130 valence electrons. The SMILES string of the molecule is Cc1ccc(CCNC(=O)Cn2cnc3c2c(C)cc(=O)n3C)cc1. The Labute approximate surface area is 146 Å². The highest BCUT2D eigenvalue weighted by Crippen LogP contribution is 2.14. The number of aromatic nitrogens is 3. The monoisotopic (exact) mass is 338 g/mol. The molecule has 1 N–H and O–H groups in total. The molecule has 1 aromatic carbocycles. The first-order chi connectivity index (χ1) is 12.0. The maximum atomic E-state index is 12.2. The second kappa shape index (κ2) is 6.93. The molecule has 25 heavy (non-hydrogen) atoms. The van der Waals surface area contributed by atoms with Gasteiger partial charge in [0.2, 0.25) is 5.91 Å². The van der Waals surface area contributed by atoms with E-state index in [0.717, 1.165) is 17.5 Å². The summed E-state index contributed by atoms with van der Waals surface area (Å²) in [5.74, 6) is -0.0698. The lowest BCUT2D eigenvalue weighted by atomic mass is 10.1. The van der Waals surface area contributed by atoms with Gasteiger partial charge in [0.05, 0.1) is 11.8 Å². The molecule has 3 rings (SSSR count). The van der Waals surface area contributed by atoms with Crippen molar-refractivity contribution in [2.75, 3.05) is 6.54 Å². The van der Waals surface area contributed by atoms with E-state index in [0.29, 0.717) is 12.2 Å². The maximum absolute atomic E-state index is 12.2. The van der Waals surface area contributed by atoms with Gasteiger partial charge in [-0.25, -0.2) is 4.98 Å². The van der Waals surface area contributed by atoms with Crippen molar-refractivity contribution in [2.45, 2.75) is 26.8 Å². The molecule has 3 aromatic rings. The lowest BCUT2D eigenvalue weighted by Gasteiger charge is -2.09. The van der Waals surface area contributed by atoms with Crippen LogP contribution in [0.2, 0.25) is 0 Å². The van der Waals surface area contributed by atoms with Gasteiger partial charge >= 0.3 is 0 Å². The molecule has 0 atom stereocenters. The summed E-state index contributed by atoms with van der Waals surface area (Å²) >= 11 is 0.